The molecule has 0 atom stereocenters. The van der Waals surface area contributed by atoms with E-state index in [4.69, 9.17) is 9.72 Å². The Balaban J connectivity index is 1.52. The van der Waals surface area contributed by atoms with Crippen LogP contribution in [0.3, 0.4) is 0 Å². The number of benzene rings is 3. The van der Waals surface area contributed by atoms with Crippen LogP contribution in [0.2, 0.25) is 0 Å². The van der Waals surface area contributed by atoms with Gasteiger partial charge in [0.25, 0.3) is 0 Å². The first-order valence-electron chi connectivity index (χ1n) is 9.85. The van der Waals surface area contributed by atoms with E-state index in [-0.39, 0.29) is 12.6 Å². The summed E-state index contributed by atoms with van der Waals surface area (Å²) in [6, 6.07) is 22.2. The number of hydrogen-bond donors (Lipinski definition) is 0. The van der Waals surface area contributed by atoms with Gasteiger partial charge in [0.05, 0.1) is 11.1 Å². The largest absolute Gasteiger partial charge is 0.457 e. The van der Waals surface area contributed by atoms with Gasteiger partial charge < -0.3 is 4.74 Å². The summed E-state index contributed by atoms with van der Waals surface area (Å²) in [5.74, 6) is -0.246. The third kappa shape index (κ3) is 2.93. The molecule has 0 unspecified atom stereocenters. The second-order valence-electron chi connectivity index (χ2n) is 7.35. The molecule has 5 rings (SSSR count). The van der Waals surface area contributed by atoms with E-state index in [0.717, 1.165) is 64.2 Å². The topological polar surface area (TPSA) is 39.2 Å². The minimum Gasteiger partial charge on any atom is -0.457 e. The quantitative estimate of drug-likeness (QED) is 0.441. The number of aromatic nitrogens is 1. The van der Waals surface area contributed by atoms with Gasteiger partial charge in [-0.2, -0.15) is 0 Å². The Morgan fingerprint density at radius 2 is 1.61 bits per heavy atom. The minimum atomic E-state index is -0.246. The summed E-state index contributed by atoms with van der Waals surface area (Å²) < 4.78 is 5.83. The molecular formula is C25H21NO2. The average molecular weight is 367 g/mol. The van der Waals surface area contributed by atoms with Crippen molar-refractivity contribution in [2.24, 2.45) is 0 Å². The first kappa shape index (κ1) is 16.9. The van der Waals surface area contributed by atoms with Crippen LogP contribution in [-0.4, -0.2) is 11.0 Å². The molecular weight excluding hydrogens is 346 g/mol. The SMILES string of the molecule is O=C(OCc1cccc2ccccc12)c1c2c(nc3ccccc13)CCCC2. The molecule has 28 heavy (non-hydrogen) atoms. The molecule has 0 aliphatic heterocycles. The van der Waals surface area contributed by atoms with Crippen LogP contribution in [0, 0.1) is 0 Å². The number of carbonyl (C=O) groups is 1. The molecule has 0 spiro atoms. The maximum atomic E-state index is 13.2. The fourth-order valence-corrected chi connectivity index (χ4v) is 4.24. The summed E-state index contributed by atoms with van der Waals surface area (Å²) in [7, 11) is 0. The average Bonchev–Trinajstić information content (AvgIpc) is 2.75. The van der Waals surface area contributed by atoms with Crippen LogP contribution in [0.25, 0.3) is 21.7 Å². The normalized spacial score (nSPS) is 13.4. The van der Waals surface area contributed by atoms with Crippen LogP contribution >= 0.6 is 0 Å². The van der Waals surface area contributed by atoms with Crippen LogP contribution in [0.15, 0.2) is 66.7 Å². The molecule has 0 radical (unpaired) electrons. The van der Waals surface area contributed by atoms with Crippen LogP contribution in [0.1, 0.15) is 40.0 Å². The molecule has 1 aliphatic carbocycles. The predicted molar refractivity (Wildman–Crippen MR) is 111 cm³/mol. The smallest absolute Gasteiger partial charge is 0.339 e. The molecule has 0 fully saturated rings. The van der Waals surface area contributed by atoms with Crippen molar-refractivity contribution >= 4 is 27.6 Å². The van der Waals surface area contributed by atoms with Gasteiger partial charge in [0, 0.05) is 11.1 Å². The van der Waals surface area contributed by atoms with E-state index in [0.29, 0.717) is 5.56 Å². The number of aryl methyl sites for hydroxylation is 1. The maximum Gasteiger partial charge on any atom is 0.339 e. The van der Waals surface area contributed by atoms with Crippen LogP contribution in [0.5, 0.6) is 0 Å². The summed E-state index contributed by atoms with van der Waals surface area (Å²) in [5.41, 5.74) is 4.74. The van der Waals surface area contributed by atoms with Crippen molar-refractivity contribution in [2.75, 3.05) is 0 Å². The van der Waals surface area contributed by atoms with Crippen molar-refractivity contribution in [3.8, 4) is 0 Å². The van der Waals surface area contributed by atoms with Crippen molar-refractivity contribution in [1.82, 2.24) is 4.98 Å². The molecule has 3 heteroatoms. The van der Waals surface area contributed by atoms with Gasteiger partial charge in [-0.1, -0.05) is 60.7 Å². The number of hydrogen-bond acceptors (Lipinski definition) is 3. The zero-order valence-electron chi connectivity index (χ0n) is 15.7. The van der Waals surface area contributed by atoms with E-state index in [1.165, 1.54) is 0 Å². The summed E-state index contributed by atoms with van der Waals surface area (Å²) >= 11 is 0. The van der Waals surface area contributed by atoms with Gasteiger partial charge in [-0.15, -0.1) is 0 Å². The van der Waals surface area contributed by atoms with Crippen molar-refractivity contribution in [3.05, 3.63) is 89.1 Å². The summed E-state index contributed by atoms with van der Waals surface area (Å²) in [6.45, 7) is 0.269. The lowest BCUT2D eigenvalue weighted by Gasteiger charge is -2.20. The molecule has 0 saturated heterocycles. The van der Waals surface area contributed by atoms with E-state index in [1.807, 2.05) is 48.5 Å². The Bertz CT molecular complexity index is 1190. The van der Waals surface area contributed by atoms with Gasteiger partial charge in [-0.25, -0.2) is 4.79 Å². The Kier molecular flexibility index (Phi) is 4.28. The van der Waals surface area contributed by atoms with E-state index in [2.05, 4.69) is 18.2 Å². The van der Waals surface area contributed by atoms with E-state index >= 15 is 0 Å². The molecule has 0 amide bonds. The zero-order chi connectivity index (χ0) is 18.9. The Morgan fingerprint density at radius 1 is 0.857 bits per heavy atom. The van der Waals surface area contributed by atoms with Gasteiger partial charge in [0.15, 0.2) is 0 Å². The molecule has 0 saturated carbocycles. The number of para-hydroxylation sites is 1. The van der Waals surface area contributed by atoms with Crippen LogP contribution in [0.4, 0.5) is 0 Å². The molecule has 1 aromatic heterocycles. The highest BCUT2D eigenvalue weighted by atomic mass is 16.5. The summed E-state index contributed by atoms with van der Waals surface area (Å²) in [4.78, 5) is 18.0. The summed E-state index contributed by atoms with van der Waals surface area (Å²) in [5, 5.41) is 3.17. The first-order valence-corrected chi connectivity index (χ1v) is 9.85. The lowest BCUT2D eigenvalue weighted by molar-refractivity contribution is 0.0475. The monoisotopic (exact) mass is 367 g/mol. The number of pyridine rings is 1. The number of carbonyl (C=O) groups excluding carboxylic acids is 1. The standard InChI is InChI=1S/C25H21NO2/c27-25(28-16-18-10-7-9-17-8-1-2-11-19(17)18)24-20-12-3-5-14-22(20)26-23-15-6-4-13-21(23)24/h1-3,5,7-12,14H,4,6,13,15-16H2. The molecule has 3 aromatic carbocycles. The van der Waals surface area contributed by atoms with Crippen molar-refractivity contribution in [1.29, 1.82) is 0 Å². The second-order valence-corrected chi connectivity index (χ2v) is 7.35. The molecule has 4 aromatic rings. The molecule has 3 nitrogen and oxygen atoms in total. The third-order valence-electron chi connectivity index (χ3n) is 5.61. The van der Waals surface area contributed by atoms with Gasteiger partial charge in [-0.05, 0) is 53.6 Å². The molecule has 0 N–H and O–H groups in total. The Labute approximate surface area is 164 Å². The van der Waals surface area contributed by atoms with Crippen molar-refractivity contribution in [2.45, 2.75) is 32.3 Å². The highest BCUT2D eigenvalue weighted by Gasteiger charge is 2.23. The lowest BCUT2D eigenvalue weighted by atomic mass is 9.90. The number of fused-ring (bicyclic) bond motifs is 3. The highest BCUT2D eigenvalue weighted by molar-refractivity contribution is 6.05. The van der Waals surface area contributed by atoms with Gasteiger partial charge in [0.1, 0.15) is 6.61 Å². The van der Waals surface area contributed by atoms with Gasteiger partial charge in [-0.3, -0.25) is 4.98 Å². The number of ether oxygens (including phenoxy) is 1. The number of nitrogens with zero attached hydrogens (tertiary/aromatic N) is 1. The Morgan fingerprint density at radius 3 is 2.54 bits per heavy atom. The molecule has 138 valence electrons. The zero-order valence-corrected chi connectivity index (χ0v) is 15.7. The molecule has 0 bridgehead atoms. The Hall–Kier alpha value is -3.20. The first-order chi connectivity index (χ1) is 13.8. The third-order valence-corrected chi connectivity index (χ3v) is 5.61. The fourth-order valence-electron chi connectivity index (χ4n) is 4.24. The summed E-state index contributed by atoms with van der Waals surface area (Å²) in [6.07, 6.45) is 4.05. The van der Waals surface area contributed by atoms with E-state index in [1.54, 1.807) is 0 Å². The van der Waals surface area contributed by atoms with Gasteiger partial charge in [0.2, 0.25) is 0 Å². The second kappa shape index (κ2) is 7.08. The van der Waals surface area contributed by atoms with Crippen molar-refractivity contribution in [3.63, 3.8) is 0 Å². The van der Waals surface area contributed by atoms with Crippen LogP contribution in [-0.2, 0) is 24.2 Å². The number of rotatable bonds is 3. The van der Waals surface area contributed by atoms with Crippen molar-refractivity contribution < 1.29 is 9.53 Å². The van der Waals surface area contributed by atoms with E-state index in [9.17, 15) is 4.79 Å². The van der Waals surface area contributed by atoms with Crippen LogP contribution < -0.4 is 0 Å². The van der Waals surface area contributed by atoms with Gasteiger partial charge >= 0.3 is 5.97 Å². The fraction of sp³-hybridized carbons (Fsp3) is 0.200. The lowest BCUT2D eigenvalue weighted by Crippen LogP contribution is -2.15. The number of esters is 1. The predicted octanol–water partition coefficient (Wildman–Crippen LogP) is 5.62. The molecule has 1 heterocycles. The van der Waals surface area contributed by atoms with E-state index < -0.39 is 0 Å². The maximum absolute atomic E-state index is 13.2. The molecule has 1 aliphatic rings. The highest BCUT2D eigenvalue weighted by Crippen LogP contribution is 2.30. The minimum absolute atomic E-state index is 0.246.